The van der Waals surface area contributed by atoms with E-state index in [0.717, 1.165) is 41.9 Å². The SMILES string of the molecule is C=CCCCCCCCOc1ccc(OC(=O)c2ccc(-c3ccc(O[C@@H](C)CCCCCC)cc3)cc2)cc1. The monoisotopic (exact) mass is 542 g/mol. The van der Waals surface area contributed by atoms with Gasteiger partial charge in [0, 0.05) is 0 Å². The highest BCUT2D eigenvalue weighted by Gasteiger charge is 2.10. The molecule has 0 unspecified atom stereocenters. The van der Waals surface area contributed by atoms with Crippen LogP contribution >= 0.6 is 0 Å². The van der Waals surface area contributed by atoms with E-state index in [1.807, 2.05) is 42.5 Å². The molecule has 0 spiro atoms. The van der Waals surface area contributed by atoms with Gasteiger partial charge in [-0.15, -0.1) is 6.58 Å². The van der Waals surface area contributed by atoms with Gasteiger partial charge in [0.05, 0.1) is 18.3 Å². The minimum atomic E-state index is -0.381. The number of rotatable bonds is 19. The van der Waals surface area contributed by atoms with Gasteiger partial charge in [-0.2, -0.15) is 0 Å². The number of carbonyl (C=O) groups excluding carboxylic acids is 1. The first-order chi connectivity index (χ1) is 19.6. The van der Waals surface area contributed by atoms with E-state index < -0.39 is 0 Å². The Hall–Kier alpha value is -3.53. The molecule has 0 bridgehead atoms. The standard InChI is InChI=1S/C36H46O4/c1-4-6-8-10-11-12-14-28-38-33-24-26-35(27-25-33)40-36(37)32-18-16-30(17-19-32)31-20-22-34(23-21-31)39-29(3)15-13-9-7-5-2/h4,16-27,29H,1,5-15,28H2,2-3H3/t29-/m0/s1. The second-order valence-electron chi connectivity index (χ2n) is 10.4. The van der Waals surface area contributed by atoms with E-state index in [2.05, 4.69) is 32.6 Å². The predicted molar refractivity (Wildman–Crippen MR) is 166 cm³/mol. The Bertz CT molecular complexity index is 1120. The van der Waals surface area contributed by atoms with Crippen molar-refractivity contribution in [3.8, 4) is 28.4 Å². The first kappa shape index (κ1) is 31.0. The van der Waals surface area contributed by atoms with Crippen LogP contribution < -0.4 is 14.2 Å². The van der Waals surface area contributed by atoms with Crippen molar-refractivity contribution in [3.05, 3.63) is 91.0 Å². The van der Waals surface area contributed by atoms with E-state index in [9.17, 15) is 4.79 Å². The lowest BCUT2D eigenvalue weighted by Gasteiger charge is -2.15. The largest absolute Gasteiger partial charge is 0.494 e. The number of hydrogen-bond acceptors (Lipinski definition) is 4. The van der Waals surface area contributed by atoms with Crippen LogP contribution in [0.25, 0.3) is 11.1 Å². The van der Waals surface area contributed by atoms with Crippen molar-refractivity contribution >= 4 is 5.97 Å². The molecule has 4 nitrogen and oxygen atoms in total. The maximum absolute atomic E-state index is 12.7. The number of ether oxygens (including phenoxy) is 3. The molecule has 0 aliphatic heterocycles. The third-order valence-corrected chi connectivity index (χ3v) is 6.97. The van der Waals surface area contributed by atoms with Crippen molar-refractivity contribution in [2.45, 2.75) is 90.6 Å². The number of unbranched alkanes of at least 4 members (excludes halogenated alkanes) is 8. The summed E-state index contributed by atoms with van der Waals surface area (Å²) in [7, 11) is 0. The highest BCUT2D eigenvalue weighted by molar-refractivity contribution is 5.91. The predicted octanol–water partition coefficient (Wildman–Crippen LogP) is 10.2. The molecule has 40 heavy (non-hydrogen) atoms. The fraction of sp³-hybridized carbons (Fsp3) is 0.417. The number of carbonyl (C=O) groups is 1. The van der Waals surface area contributed by atoms with Crippen LogP contribution in [0.2, 0.25) is 0 Å². The first-order valence-corrected chi connectivity index (χ1v) is 15.0. The molecule has 3 rings (SSSR count). The zero-order valence-corrected chi connectivity index (χ0v) is 24.4. The Morgan fingerprint density at radius 1 is 0.725 bits per heavy atom. The van der Waals surface area contributed by atoms with Gasteiger partial charge in [-0.25, -0.2) is 4.79 Å². The molecule has 0 radical (unpaired) electrons. The van der Waals surface area contributed by atoms with Gasteiger partial charge in [0.25, 0.3) is 0 Å². The molecule has 0 N–H and O–H groups in total. The van der Waals surface area contributed by atoms with Gasteiger partial charge in [-0.05, 0) is 98.7 Å². The second-order valence-corrected chi connectivity index (χ2v) is 10.4. The number of benzene rings is 3. The summed E-state index contributed by atoms with van der Waals surface area (Å²) in [6.45, 7) is 8.82. The highest BCUT2D eigenvalue weighted by Crippen LogP contribution is 2.25. The molecule has 4 heteroatoms. The van der Waals surface area contributed by atoms with Crippen LogP contribution in [0.3, 0.4) is 0 Å². The molecule has 0 saturated heterocycles. The number of allylic oxidation sites excluding steroid dienone is 1. The van der Waals surface area contributed by atoms with Crippen LogP contribution in [0.1, 0.15) is 94.8 Å². The summed E-state index contributed by atoms with van der Waals surface area (Å²) in [6, 6.07) is 22.9. The fourth-order valence-corrected chi connectivity index (χ4v) is 4.56. The van der Waals surface area contributed by atoms with Crippen LogP contribution in [0.5, 0.6) is 17.2 Å². The Morgan fingerprint density at radius 2 is 1.30 bits per heavy atom. The molecule has 3 aromatic rings. The van der Waals surface area contributed by atoms with E-state index in [1.54, 1.807) is 24.3 Å². The smallest absolute Gasteiger partial charge is 0.343 e. The average molecular weight is 543 g/mol. The topological polar surface area (TPSA) is 44.8 Å². The highest BCUT2D eigenvalue weighted by atomic mass is 16.5. The molecule has 214 valence electrons. The fourth-order valence-electron chi connectivity index (χ4n) is 4.56. The summed E-state index contributed by atoms with van der Waals surface area (Å²) in [5, 5.41) is 0. The van der Waals surface area contributed by atoms with Crippen molar-refractivity contribution in [1.29, 1.82) is 0 Å². The van der Waals surface area contributed by atoms with Crippen LogP contribution in [0.15, 0.2) is 85.5 Å². The lowest BCUT2D eigenvalue weighted by Crippen LogP contribution is -2.11. The molecule has 0 aliphatic carbocycles. The van der Waals surface area contributed by atoms with Crippen LogP contribution in [0, 0.1) is 0 Å². The second kappa shape index (κ2) is 17.9. The van der Waals surface area contributed by atoms with Crippen molar-refractivity contribution in [2.75, 3.05) is 6.61 Å². The maximum atomic E-state index is 12.7. The molecule has 1 atom stereocenters. The zero-order chi connectivity index (χ0) is 28.4. The van der Waals surface area contributed by atoms with Crippen molar-refractivity contribution in [2.24, 2.45) is 0 Å². The Morgan fingerprint density at radius 3 is 1.98 bits per heavy atom. The van der Waals surface area contributed by atoms with Crippen molar-refractivity contribution in [3.63, 3.8) is 0 Å². The van der Waals surface area contributed by atoms with Gasteiger partial charge < -0.3 is 14.2 Å². The van der Waals surface area contributed by atoms with E-state index in [0.29, 0.717) is 17.9 Å². The Labute approximate surface area is 241 Å². The summed E-state index contributed by atoms with van der Waals surface area (Å²) < 4.78 is 17.5. The summed E-state index contributed by atoms with van der Waals surface area (Å²) in [5.41, 5.74) is 2.62. The minimum Gasteiger partial charge on any atom is -0.494 e. The van der Waals surface area contributed by atoms with E-state index in [-0.39, 0.29) is 12.1 Å². The normalized spacial score (nSPS) is 11.6. The molecule has 0 saturated carbocycles. The van der Waals surface area contributed by atoms with Gasteiger partial charge in [0.2, 0.25) is 0 Å². The molecule has 0 heterocycles. The van der Waals surface area contributed by atoms with Crippen molar-refractivity contribution in [1.82, 2.24) is 0 Å². The average Bonchev–Trinajstić information content (AvgIpc) is 2.98. The third-order valence-electron chi connectivity index (χ3n) is 6.97. The van der Waals surface area contributed by atoms with Gasteiger partial charge in [-0.3, -0.25) is 0 Å². The van der Waals surface area contributed by atoms with Gasteiger partial charge >= 0.3 is 5.97 Å². The number of hydrogen-bond donors (Lipinski definition) is 0. The van der Waals surface area contributed by atoms with E-state index in [4.69, 9.17) is 14.2 Å². The van der Waals surface area contributed by atoms with E-state index >= 15 is 0 Å². The Balaban J connectivity index is 1.41. The Kier molecular flexibility index (Phi) is 13.9. The molecular formula is C36H46O4. The lowest BCUT2D eigenvalue weighted by atomic mass is 10.0. The molecule has 0 aliphatic rings. The zero-order valence-electron chi connectivity index (χ0n) is 24.4. The third kappa shape index (κ3) is 11.3. The quantitative estimate of drug-likeness (QED) is 0.0654. The number of esters is 1. The maximum Gasteiger partial charge on any atom is 0.343 e. The lowest BCUT2D eigenvalue weighted by molar-refractivity contribution is 0.0734. The first-order valence-electron chi connectivity index (χ1n) is 15.0. The van der Waals surface area contributed by atoms with Gasteiger partial charge in [0.15, 0.2) is 0 Å². The molecule has 3 aromatic carbocycles. The molecular weight excluding hydrogens is 496 g/mol. The van der Waals surface area contributed by atoms with E-state index in [1.165, 1.54) is 51.4 Å². The summed E-state index contributed by atoms with van der Waals surface area (Å²) in [4.78, 5) is 12.7. The van der Waals surface area contributed by atoms with Crippen LogP contribution in [-0.4, -0.2) is 18.7 Å². The summed E-state index contributed by atoms with van der Waals surface area (Å²) in [6.07, 6.45) is 15.3. The minimum absolute atomic E-state index is 0.212. The summed E-state index contributed by atoms with van der Waals surface area (Å²) in [5.74, 6) is 1.79. The van der Waals surface area contributed by atoms with Crippen LogP contribution in [-0.2, 0) is 0 Å². The molecule has 0 amide bonds. The molecule has 0 aromatic heterocycles. The summed E-state index contributed by atoms with van der Waals surface area (Å²) >= 11 is 0. The molecule has 0 fully saturated rings. The van der Waals surface area contributed by atoms with Gasteiger partial charge in [0.1, 0.15) is 17.2 Å². The van der Waals surface area contributed by atoms with Gasteiger partial charge in [-0.1, -0.05) is 75.8 Å². The van der Waals surface area contributed by atoms with Crippen LogP contribution in [0.4, 0.5) is 0 Å². The van der Waals surface area contributed by atoms with Crippen molar-refractivity contribution < 1.29 is 19.0 Å².